The normalized spacial score (nSPS) is 10.5. The molecular formula is C97H133Li4N2O27P2S5+. The van der Waals surface area contributed by atoms with Crippen LogP contribution >= 0.6 is 14.3 Å². The first-order valence-corrected chi connectivity index (χ1v) is 52.0. The quantitative estimate of drug-likeness (QED) is 0.00520. The van der Waals surface area contributed by atoms with E-state index in [0.717, 1.165) is 50.9 Å². The first-order valence-electron chi connectivity index (χ1n) is 40.7. The van der Waals surface area contributed by atoms with Crippen molar-refractivity contribution in [3.8, 4) is 0 Å². The Kier molecular flexibility index (Phi) is 79.2. The Labute approximate surface area is 866 Å². The number of sulfonamides is 2. The second kappa shape index (κ2) is 76.2. The van der Waals surface area contributed by atoms with Gasteiger partial charge in [-0.3, -0.25) is 28.2 Å². The maximum Gasteiger partial charge on any atom is 1.00 e. The zero-order valence-electron chi connectivity index (χ0n) is 81.7. The summed E-state index contributed by atoms with van der Waals surface area (Å²) in [5.74, 6) is -1.46. The SMILES string of the molecule is C.C.C=C(C)C(=O)OC.C=Cc1ccc(S(=O)(=O)[O-])cc1.C=Cc1ccc(S([NH3+])(=O)=O)cc1.C=Cc1ccc([S-](=O)=O)cc1.CCC(=O)OC.CCOCCOCCOC(=O)CCP(C)(C)=O.CCc1ccc(C[N-]S(=O)(=O)c2ccc(C)cc2)cc1.COCCOCCOC(=O)CCP(=O)(C(=O)c1c(C)cc(C)cc1C)C(=O)c1c(C)cc(C)cc1C.Cc1ccc(S(=O)[O-])cc1.[Li+].[Li+].[Li+].[Li+]. The molecule has 1 atom stereocenters. The molecule has 0 amide bonds. The van der Waals surface area contributed by atoms with Gasteiger partial charge in [0, 0.05) is 59.0 Å². The van der Waals surface area contributed by atoms with Crippen LogP contribution in [0.1, 0.15) is 155 Å². The number of hydrogen-bond donors (Lipinski definition) is 1. The van der Waals surface area contributed by atoms with Crippen molar-refractivity contribution in [1.29, 1.82) is 0 Å². The van der Waals surface area contributed by atoms with Gasteiger partial charge in [0.05, 0.1) is 78.7 Å². The van der Waals surface area contributed by atoms with Gasteiger partial charge < -0.3 is 69.3 Å². The molecule has 0 fully saturated rings. The molecule has 0 spiro atoms. The Balaban J connectivity index is -0.000000292. The Morgan fingerprint density at radius 1 is 0.489 bits per heavy atom. The number of nitrogens with zero attached hydrogens (tertiary/aromatic N) is 1. The minimum Gasteiger partial charge on any atom is -0.768 e. The number of quaternary nitrogens is 1. The second-order valence-corrected chi connectivity index (χ2v) is 41.9. The van der Waals surface area contributed by atoms with Crippen LogP contribution in [0.25, 0.3) is 23.0 Å². The first kappa shape index (κ1) is 142. The molecule has 40 heteroatoms. The van der Waals surface area contributed by atoms with Crippen LogP contribution in [0.15, 0.2) is 226 Å². The smallest absolute Gasteiger partial charge is 0.768 e. The number of carbonyl (C=O) groups is 6. The predicted molar refractivity (Wildman–Crippen MR) is 525 cm³/mol. The van der Waals surface area contributed by atoms with E-state index in [0.29, 0.717) is 89.8 Å². The van der Waals surface area contributed by atoms with Crippen LogP contribution in [0.5, 0.6) is 0 Å². The van der Waals surface area contributed by atoms with E-state index >= 15 is 0 Å². The molecule has 8 aromatic rings. The van der Waals surface area contributed by atoms with Crippen LogP contribution < -0.4 is 80.6 Å². The van der Waals surface area contributed by atoms with Gasteiger partial charge in [-0.2, -0.15) is 8.42 Å². The molecule has 736 valence electrons. The molecule has 0 bridgehead atoms. The van der Waals surface area contributed by atoms with Crippen molar-refractivity contribution in [2.75, 3.05) is 106 Å². The summed E-state index contributed by atoms with van der Waals surface area (Å²) in [6.45, 7) is 42.9. The van der Waals surface area contributed by atoms with Crippen LogP contribution in [-0.4, -0.2) is 180 Å². The van der Waals surface area contributed by atoms with Crippen LogP contribution in [0, 0.1) is 55.4 Å². The van der Waals surface area contributed by atoms with E-state index in [1.54, 1.807) is 165 Å². The molecule has 29 nitrogen and oxygen atoms in total. The topological polar surface area (TPSA) is 452 Å². The molecular weight excluding hydrogens is 1880 g/mol. The van der Waals surface area contributed by atoms with Gasteiger partial charge in [-0.25, -0.2) is 26.8 Å². The Bertz CT molecular complexity index is 5360. The maximum atomic E-state index is 14.4. The standard InChI is InChI=1S/C28H37O7P.C16H18NO2S.C11H23O5P.C8H9NO2S.C8H8O3S.C8H7O2S.C7H8O2S.C5H8O2.C4H8O2.2CH4.4Li/c1-18-14-20(3)25(21(4)15-18)27(30)36(32,13-8-24(29)35-12-11-34-10-9-33-7)28(31)26-22(5)16-19(2)17-23(26)6;1-3-14-6-8-15(9-7-14)12-17-20(18,19)16-10-4-13(2)5-11-16;1-4-14-6-7-15-8-9-16-11(12)5-10-17(2,3)13;2*1-2-7-3-5-8(6-4-7)12(9,10)11;1-2-7-3-5-8(6-4-7)11(9)10;1-6-2-4-7(5-3-6)10(8)9;1-4(2)5(6)7-3;1-3-4(5)6-2;;;;;;/h14-17H,8-13H2,1-7H3;4-11H,3,12H2,1-2H3;4-10H2,1-3H3;2-6H,1H2,(H2,9,10,11);2-6H,1H2,(H,9,10,11);2-6H,1H2;2-5H,1H3,(H,8,9);1H2,2-3H3;3H2,1-2H3;2*1H4;;;;/q;-1;;;;-1;;;;;;4*+1/p-1. The van der Waals surface area contributed by atoms with Crippen molar-refractivity contribution >= 4 is 119 Å². The molecule has 0 aromatic heterocycles. The van der Waals surface area contributed by atoms with E-state index in [1.165, 1.54) is 56.2 Å². The van der Waals surface area contributed by atoms with Crippen LogP contribution in [0.4, 0.5) is 0 Å². The summed E-state index contributed by atoms with van der Waals surface area (Å²) in [5, 5.41) is 3.04. The summed E-state index contributed by atoms with van der Waals surface area (Å²) < 4.78 is 187. The summed E-state index contributed by atoms with van der Waals surface area (Å²) in [6.07, 6.45) is 6.22. The monoisotopic (exact) mass is 2010 g/mol. The summed E-state index contributed by atoms with van der Waals surface area (Å²) in [5.41, 5.74) is 10.9. The molecule has 137 heavy (non-hydrogen) atoms. The van der Waals surface area contributed by atoms with Gasteiger partial charge in [0.2, 0.25) is 18.2 Å². The van der Waals surface area contributed by atoms with Gasteiger partial charge in [-0.1, -0.05) is 227 Å². The molecule has 0 aliphatic rings. The van der Waals surface area contributed by atoms with Crippen molar-refractivity contribution < 1.29 is 203 Å². The van der Waals surface area contributed by atoms with Gasteiger partial charge in [0.1, 0.15) is 38.3 Å². The zero-order valence-corrected chi connectivity index (χ0v) is 87.5. The van der Waals surface area contributed by atoms with Crippen LogP contribution in [-0.2, 0) is 140 Å². The van der Waals surface area contributed by atoms with E-state index in [1.807, 2.05) is 83.1 Å². The van der Waals surface area contributed by atoms with Crippen LogP contribution in [0.3, 0.4) is 0 Å². The van der Waals surface area contributed by atoms with Crippen molar-refractivity contribution in [2.45, 2.75) is 155 Å². The van der Waals surface area contributed by atoms with Gasteiger partial charge >= 0.3 is 109 Å². The number of esters is 4. The summed E-state index contributed by atoms with van der Waals surface area (Å²) in [7, 11) is -15.4. The molecule has 0 saturated heterocycles. The molecule has 3 N–H and O–H groups in total. The third kappa shape index (κ3) is 61.0. The summed E-state index contributed by atoms with van der Waals surface area (Å²) in [6, 6.07) is 47.1. The second-order valence-electron chi connectivity index (χ2n) is 28.9. The van der Waals surface area contributed by atoms with Crippen molar-refractivity contribution in [3.05, 3.63) is 290 Å². The molecule has 8 aromatic carbocycles. The van der Waals surface area contributed by atoms with Gasteiger partial charge in [-0.15, -0.1) is 6.54 Å². The molecule has 0 aliphatic carbocycles. The Morgan fingerprint density at radius 2 is 0.847 bits per heavy atom. The van der Waals surface area contributed by atoms with Crippen molar-refractivity contribution in [2.24, 2.45) is 0 Å². The minimum absolute atomic E-state index is 0. The van der Waals surface area contributed by atoms with E-state index in [4.69, 9.17) is 28.4 Å². The zero-order chi connectivity index (χ0) is 99.8. The molecule has 0 heterocycles. The van der Waals surface area contributed by atoms with Gasteiger partial charge in [0.15, 0.2) is 0 Å². The number of hydrogen-bond acceptors (Lipinski definition) is 28. The fraction of sp³-hybridized carbons (Fsp3) is 0.361. The fourth-order valence-electron chi connectivity index (χ4n) is 10.6. The van der Waals surface area contributed by atoms with Gasteiger partial charge in [0.25, 0.3) is 0 Å². The average Bonchev–Trinajstić information content (AvgIpc) is 0.759. The van der Waals surface area contributed by atoms with Crippen LogP contribution in [0.2, 0.25) is 0 Å². The molecule has 0 saturated carbocycles. The fourth-order valence-corrected chi connectivity index (χ4v) is 16.5. The number of ether oxygens (including phenoxy) is 8. The molecule has 8 rings (SSSR count). The third-order valence-corrected chi connectivity index (χ3v) is 25.9. The number of methoxy groups -OCH3 is 3. The largest absolute Gasteiger partial charge is 1.00 e. The number of carbonyl (C=O) groups excluding carboxylic acids is 6. The van der Waals surface area contributed by atoms with Crippen molar-refractivity contribution in [1.82, 2.24) is 0 Å². The van der Waals surface area contributed by atoms with E-state index < -0.39 is 89.4 Å². The average molecular weight is 2010 g/mol. The molecule has 0 radical (unpaired) electrons. The van der Waals surface area contributed by atoms with E-state index in [2.05, 4.69) is 52.6 Å². The first-order chi connectivity index (χ1) is 61.4. The van der Waals surface area contributed by atoms with Gasteiger partial charge in [-0.05, 0) is 204 Å². The molecule has 1 unspecified atom stereocenters. The summed E-state index contributed by atoms with van der Waals surface area (Å²) >= 11 is -2.09. The summed E-state index contributed by atoms with van der Waals surface area (Å²) in [4.78, 5) is 72.3. The Morgan fingerprint density at radius 3 is 1.16 bits per heavy atom. The third-order valence-electron chi connectivity index (χ3n) is 17.5. The van der Waals surface area contributed by atoms with E-state index in [9.17, 15) is 84.9 Å². The number of rotatable bonds is 37. The number of benzene rings is 8. The maximum absolute atomic E-state index is 14.4. The van der Waals surface area contributed by atoms with E-state index in [-0.39, 0.29) is 173 Å². The van der Waals surface area contributed by atoms with Crippen molar-refractivity contribution in [3.63, 3.8) is 0 Å². The minimum atomic E-state index is -4.31. The Hall–Kier alpha value is -7.58. The number of aryl methyl sites for hydroxylation is 9. The predicted octanol–water partition coefficient (Wildman–Crippen LogP) is 6.21. The molecule has 0 aliphatic heterocycles.